The predicted molar refractivity (Wildman–Crippen MR) is 168 cm³/mol. The van der Waals surface area contributed by atoms with E-state index in [1.54, 1.807) is 24.7 Å². The summed E-state index contributed by atoms with van der Waals surface area (Å²) in [5, 5.41) is 0. The second kappa shape index (κ2) is 15.2. The van der Waals surface area contributed by atoms with Gasteiger partial charge in [0.05, 0.1) is 8.26 Å². The zero-order valence-electron chi connectivity index (χ0n) is 26.8. The van der Waals surface area contributed by atoms with Gasteiger partial charge in [0.2, 0.25) is 0 Å². The first-order valence-corrected chi connectivity index (χ1v) is 14.6. The van der Waals surface area contributed by atoms with Crippen LogP contribution in [0.4, 0.5) is 0 Å². The number of rotatable bonds is 4. The Labute approximate surface area is 266 Å². The Balaban J connectivity index is 0.000000223. The van der Waals surface area contributed by atoms with Gasteiger partial charge < -0.3 is 14.4 Å². The minimum absolute atomic E-state index is 0. The summed E-state index contributed by atoms with van der Waals surface area (Å²) in [7, 11) is 0. The van der Waals surface area contributed by atoms with Crippen molar-refractivity contribution >= 4 is 16.8 Å². The first kappa shape index (κ1) is 28.7. The fourth-order valence-corrected chi connectivity index (χ4v) is 5.15. The van der Waals surface area contributed by atoms with Crippen molar-refractivity contribution in [2.24, 2.45) is 16.8 Å². The molecule has 0 saturated heterocycles. The molecule has 42 heavy (non-hydrogen) atoms. The second-order valence-corrected chi connectivity index (χ2v) is 11.3. The van der Waals surface area contributed by atoms with Crippen molar-refractivity contribution in [1.29, 1.82) is 0 Å². The van der Waals surface area contributed by atoms with Crippen molar-refractivity contribution in [2.75, 3.05) is 0 Å². The average Bonchev–Trinajstić information content (AvgIpc) is 3.57. The quantitative estimate of drug-likeness (QED) is 0.196. The van der Waals surface area contributed by atoms with Crippen molar-refractivity contribution in [3.8, 4) is 11.3 Å². The molecule has 1 aliphatic heterocycles. The Bertz CT molecular complexity index is 1690. The van der Waals surface area contributed by atoms with Gasteiger partial charge in [-0.05, 0) is 72.5 Å². The van der Waals surface area contributed by atoms with Crippen LogP contribution in [0.2, 0.25) is 0 Å². The van der Waals surface area contributed by atoms with E-state index in [0.717, 1.165) is 41.5 Å². The van der Waals surface area contributed by atoms with Crippen LogP contribution in [0.25, 0.3) is 22.4 Å². The predicted octanol–water partition coefficient (Wildman–Crippen LogP) is 9.55. The van der Waals surface area contributed by atoms with Gasteiger partial charge in [-0.3, -0.25) is 4.98 Å². The summed E-state index contributed by atoms with van der Waals surface area (Å²) >= 11 is 0. The molecule has 1 aliphatic carbocycles. The normalized spacial score (nSPS) is 17.0. The molecule has 0 bridgehead atoms. The molecular formula is C37H39IrN3O-2. The summed E-state index contributed by atoms with van der Waals surface area (Å²) in [6.45, 7) is 8.56. The summed E-state index contributed by atoms with van der Waals surface area (Å²) < 4.78 is 22.8. The van der Waals surface area contributed by atoms with Gasteiger partial charge in [-0.1, -0.05) is 63.4 Å². The maximum absolute atomic E-state index is 8.47. The fourth-order valence-electron chi connectivity index (χ4n) is 5.15. The summed E-state index contributed by atoms with van der Waals surface area (Å²) in [5.41, 5.74) is 7.77. The summed E-state index contributed by atoms with van der Waals surface area (Å²) in [6.07, 6.45) is 14.8. The molecule has 0 spiro atoms. The van der Waals surface area contributed by atoms with Crippen LogP contribution in [-0.2, 0) is 20.1 Å². The maximum Gasteiger partial charge on any atom is 0.138 e. The van der Waals surface area contributed by atoms with Crippen LogP contribution < -0.4 is 0 Å². The zero-order chi connectivity index (χ0) is 30.3. The smallest absolute Gasteiger partial charge is 0.138 e. The molecule has 4 nitrogen and oxygen atoms in total. The van der Waals surface area contributed by atoms with E-state index in [-0.39, 0.29) is 32.2 Å². The second-order valence-electron chi connectivity index (χ2n) is 11.3. The van der Waals surface area contributed by atoms with Gasteiger partial charge in [0.25, 0.3) is 0 Å². The molecule has 1 saturated carbocycles. The molecule has 6 rings (SSSR count). The summed E-state index contributed by atoms with van der Waals surface area (Å²) in [5.74, 6) is 1.65. The Hall–Kier alpha value is -3.40. The number of benzene rings is 1. The molecule has 1 fully saturated rings. The SMILES string of the molecule is Cc1c[c-]c(C2=NC=CC(C(C)C)C2)cc1.[2H]c1c(C2CCCC2)cnc(-c2[c-]cccc3ncc(C)cc3oc2)c1[2H].[Ir]. The van der Waals surface area contributed by atoms with Crippen molar-refractivity contribution in [2.45, 2.75) is 65.7 Å². The first-order valence-electron chi connectivity index (χ1n) is 15.6. The van der Waals surface area contributed by atoms with E-state index in [1.807, 2.05) is 37.4 Å². The maximum atomic E-state index is 8.47. The van der Waals surface area contributed by atoms with Gasteiger partial charge in [0.1, 0.15) is 5.58 Å². The van der Waals surface area contributed by atoms with E-state index >= 15 is 0 Å². The average molecular weight is 736 g/mol. The van der Waals surface area contributed by atoms with Crippen LogP contribution in [0.15, 0.2) is 94.9 Å². The van der Waals surface area contributed by atoms with Crippen LogP contribution in [0.3, 0.4) is 0 Å². The van der Waals surface area contributed by atoms with E-state index in [0.29, 0.717) is 34.6 Å². The van der Waals surface area contributed by atoms with Crippen LogP contribution in [-0.4, -0.2) is 15.7 Å². The monoisotopic (exact) mass is 736 g/mol. The number of aliphatic imine (C=N–C) groups is 1. The van der Waals surface area contributed by atoms with Gasteiger partial charge in [-0.15, -0.1) is 53.6 Å². The molecule has 1 unspecified atom stereocenters. The molecule has 1 atom stereocenters. The Morgan fingerprint density at radius 1 is 0.976 bits per heavy atom. The van der Waals surface area contributed by atoms with Gasteiger partial charge in [-0.25, -0.2) is 0 Å². The molecule has 3 aromatic heterocycles. The number of pyridine rings is 2. The van der Waals surface area contributed by atoms with Crippen LogP contribution in [0.1, 0.15) is 76.9 Å². The molecule has 0 N–H and O–H groups in total. The molecule has 5 heteroatoms. The number of allylic oxidation sites excluding steroid dienone is 1. The Kier molecular flexibility index (Phi) is 10.4. The van der Waals surface area contributed by atoms with Crippen LogP contribution in [0.5, 0.6) is 0 Å². The minimum atomic E-state index is 0. The minimum Gasteiger partial charge on any atom is -0.506 e. The first-order chi connectivity index (χ1) is 20.8. The van der Waals surface area contributed by atoms with E-state index in [9.17, 15) is 0 Å². The summed E-state index contributed by atoms with van der Waals surface area (Å²) in [4.78, 5) is 13.3. The van der Waals surface area contributed by atoms with E-state index in [1.165, 1.54) is 24.1 Å². The molecule has 2 aliphatic rings. The molecule has 1 aromatic carbocycles. The molecule has 1 radical (unpaired) electrons. The van der Waals surface area contributed by atoms with Crippen LogP contribution >= 0.6 is 0 Å². The van der Waals surface area contributed by atoms with E-state index in [2.05, 4.69) is 66.1 Å². The van der Waals surface area contributed by atoms with Crippen molar-refractivity contribution in [1.82, 2.24) is 9.97 Å². The standard InChI is InChI=1S/C22H21N2O.C15H18N.Ir/c1-16-12-22-21(23-13-16)9-5-4-8-19(15-25-22)20-11-10-18(14-24-20)17-6-2-3-7-17;1-11(2)14-8-9-16-15(10-14)13-6-4-12(3)5-7-13;/h4-5,9-15,17H,2-3,6-7H2,1H3;4-6,8-9,11,14H,10H2,1-3H3;/q2*-1;/i10D,11D;;. The number of hydrogen-bond donors (Lipinski definition) is 0. The van der Waals surface area contributed by atoms with Crippen molar-refractivity contribution in [3.05, 3.63) is 120 Å². The van der Waals surface area contributed by atoms with E-state index in [4.69, 9.17) is 7.16 Å². The largest absolute Gasteiger partial charge is 0.506 e. The van der Waals surface area contributed by atoms with Crippen molar-refractivity contribution < 1.29 is 27.3 Å². The van der Waals surface area contributed by atoms with Crippen LogP contribution in [0, 0.1) is 37.8 Å². The van der Waals surface area contributed by atoms with E-state index < -0.39 is 0 Å². The third-order valence-corrected chi connectivity index (χ3v) is 7.75. The molecule has 0 amide bonds. The topological polar surface area (TPSA) is 51.3 Å². The third kappa shape index (κ3) is 8.33. The molecule has 4 aromatic rings. The number of nitrogens with zero attached hydrogens (tertiary/aromatic N) is 3. The zero-order valence-corrected chi connectivity index (χ0v) is 27.2. The van der Waals surface area contributed by atoms with Gasteiger partial charge in [0, 0.05) is 45.0 Å². The van der Waals surface area contributed by atoms with Crippen molar-refractivity contribution in [3.63, 3.8) is 0 Å². The molecule has 4 heterocycles. The van der Waals surface area contributed by atoms with Gasteiger partial charge in [-0.2, -0.15) is 0 Å². The number of hydrogen-bond acceptors (Lipinski definition) is 4. The van der Waals surface area contributed by atoms with Gasteiger partial charge >= 0.3 is 0 Å². The summed E-state index contributed by atoms with van der Waals surface area (Å²) in [6, 6.07) is 20.4. The number of aromatic nitrogens is 2. The number of aryl methyl sites for hydroxylation is 2. The Morgan fingerprint density at radius 2 is 1.81 bits per heavy atom. The number of fused-ring (bicyclic) bond motifs is 1. The fraction of sp³-hybridized carbons (Fsp3) is 0.324. The van der Waals surface area contributed by atoms with Gasteiger partial charge in [0.15, 0.2) is 0 Å². The Morgan fingerprint density at radius 3 is 2.57 bits per heavy atom. The molecule has 219 valence electrons. The third-order valence-electron chi connectivity index (χ3n) is 7.75. The molecular weight excluding hydrogens is 695 g/mol.